The Morgan fingerprint density at radius 3 is 2.54 bits per heavy atom. The molecule has 1 N–H and O–H groups in total. The summed E-state index contributed by atoms with van der Waals surface area (Å²) in [5.74, 6) is -1.04. The van der Waals surface area contributed by atoms with E-state index in [1.807, 2.05) is 0 Å². The summed E-state index contributed by atoms with van der Waals surface area (Å²) in [7, 11) is 0. The number of hydrogen-bond donors (Lipinski definition) is 1. The molecule has 0 atom stereocenters. The first kappa shape index (κ1) is 21.1. The van der Waals surface area contributed by atoms with Crippen LogP contribution in [0.1, 0.15) is 25.8 Å². The second-order valence-electron chi connectivity index (χ2n) is 5.48. The molecule has 0 fully saturated rings. The lowest BCUT2D eigenvalue weighted by Gasteiger charge is -2.22. The molecule has 2 amide bonds. The van der Waals surface area contributed by atoms with Crippen LogP contribution in [0.2, 0.25) is 0 Å². The standard InChI is InChI=1S/C17H23N3O6/c1-3-26-17(23)8-10-19(11-9-18-13(2)21)16(22)12-14-6-4-5-7-15(14)20(24)25/h4-7H,3,8-12H2,1-2H3,(H,18,21). The highest BCUT2D eigenvalue weighted by Gasteiger charge is 2.20. The van der Waals surface area contributed by atoms with Crippen LogP contribution in [0.15, 0.2) is 24.3 Å². The summed E-state index contributed by atoms with van der Waals surface area (Å²) in [6, 6.07) is 6.01. The van der Waals surface area contributed by atoms with Crippen molar-refractivity contribution in [3.8, 4) is 0 Å². The molecule has 142 valence electrons. The van der Waals surface area contributed by atoms with Crippen LogP contribution in [-0.4, -0.2) is 53.8 Å². The first-order valence-electron chi connectivity index (χ1n) is 8.25. The number of para-hydroxylation sites is 1. The Morgan fingerprint density at radius 2 is 1.92 bits per heavy atom. The third kappa shape index (κ3) is 7.29. The molecule has 0 radical (unpaired) electrons. The Balaban J connectivity index is 2.80. The van der Waals surface area contributed by atoms with Crippen LogP contribution in [0, 0.1) is 10.1 Å². The average Bonchev–Trinajstić information content (AvgIpc) is 2.58. The number of ether oxygens (including phenoxy) is 1. The van der Waals surface area contributed by atoms with Crippen LogP contribution in [0.5, 0.6) is 0 Å². The first-order chi connectivity index (χ1) is 12.3. The van der Waals surface area contributed by atoms with Crippen molar-refractivity contribution in [1.29, 1.82) is 0 Å². The molecule has 26 heavy (non-hydrogen) atoms. The van der Waals surface area contributed by atoms with E-state index >= 15 is 0 Å². The van der Waals surface area contributed by atoms with E-state index in [1.165, 1.54) is 30.0 Å². The van der Waals surface area contributed by atoms with Gasteiger partial charge >= 0.3 is 5.97 Å². The van der Waals surface area contributed by atoms with Crippen LogP contribution < -0.4 is 5.32 Å². The predicted molar refractivity (Wildman–Crippen MR) is 93.3 cm³/mol. The van der Waals surface area contributed by atoms with Gasteiger partial charge in [0.15, 0.2) is 0 Å². The van der Waals surface area contributed by atoms with E-state index in [0.717, 1.165) is 0 Å². The number of esters is 1. The molecule has 0 spiro atoms. The molecule has 0 aliphatic carbocycles. The summed E-state index contributed by atoms with van der Waals surface area (Å²) in [6.07, 6.45) is -0.156. The minimum Gasteiger partial charge on any atom is -0.466 e. The third-order valence-electron chi connectivity index (χ3n) is 3.53. The Morgan fingerprint density at radius 1 is 1.23 bits per heavy atom. The monoisotopic (exact) mass is 365 g/mol. The number of nitrogens with zero attached hydrogens (tertiary/aromatic N) is 2. The highest BCUT2D eigenvalue weighted by molar-refractivity contribution is 5.80. The van der Waals surface area contributed by atoms with Crippen molar-refractivity contribution in [2.24, 2.45) is 0 Å². The Kier molecular flexibility index (Phi) is 8.76. The van der Waals surface area contributed by atoms with Crippen LogP contribution in [0.25, 0.3) is 0 Å². The molecule has 1 aromatic rings. The van der Waals surface area contributed by atoms with Gasteiger partial charge in [-0.25, -0.2) is 0 Å². The van der Waals surface area contributed by atoms with Crippen LogP contribution in [-0.2, 0) is 25.5 Å². The van der Waals surface area contributed by atoms with E-state index in [0.29, 0.717) is 5.56 Å². The first-order valence-corrected chi connectivity index (χ1v) is 8.25. The zero-order valence-corrected chi connectivity index (χ0v) is 14.9. The fourth-order valence-electron chi connectivity index (χ4n) is 2.30. The maximum Gasteiger partial charge on any atom is 0.307 e. The van der Waals surface area contributed by atoms with E-state index in [1.54, 1.807) is 13.0 Å². The number of nitro groups is 1. The van der Waals surface area contributed by atoms with Crippen molar-refractivity contribution >= 4 is 23.5 Å². The molecule has 0 saturated carbocycles. The maximum absolute atomic E-state index is 12.6. The van der Waals surface area contributed by atoms with Crippen molar-refractivity contribution < 1.29 is 24.0 Å². The fourth-order valence-corrected chi connectivity index (χ4v) is 2.30. The third-order valence-corrected chi connectivity index (χ3v) is 3.53. The molecule has 0 aliphatic rings. The zero-order chi connectivity index (χ0) is 19.5. The van der Waals surface area contributed by atoms with Gasteiger partial charge in [0, 0.05) is 38.2 Å². The van der Waals surface area contributed by atoms with Crippen LogP contribution in [0.3, 0.4) is 0 Å². The van der Waals surface area contributed by atoms with Gasteiger partial charge in [-0.1, -0.05) is 18.2 Å². The van der Waals surface area contributed by atoms with Crippen molar-refractivity contribution in [1.82, 2.24) is 10.2 Å². The minimum absolute atomic E-state index is 0.0105. The molecule has 0 heterocycles. The summed E-state index contributed by atoms with van der Waals surface area (Å²) in [5, 5.41) is 13.7. The fraction of sp³-hybridized carbons (Fsp3) is 0.471. The molecule has 1 rings (SSSR count). The Bertz CT molecular complexity index is 662. The molecule has 0 aliphatic heterocycles. The van der Waals surface area contributed by atoms with Gasteiger partial charge in [0.2, 0.25) is 11.8 Å². The van der Waals surface area contributed by atoms with Gasteiger partial charge in [0.1, 0.15) is 0 Å². The van der Waals surface area contributed by atoms with Gasteiger partial charge < -0.3 is 15.0 Å². The second kappa shape index (κ2) is 10.8. The molecule has 0 bridgehead atoms. The number of carbonyl (C=O) groups excluding carboxylic acids is 3. The number of rotatable bonds is 10. The molecular weight excluding hydrogens is 342 g/mol. The van der Waals surface area contributed by atoms with Crippen molar-refractivity contribution in [2.45, 2.75) is 26.7 Å². The number of hydrogen-bond acceptors (Lipinski definition) is 6. The maximum atomic E-state index is 12.6. The van der Waals surface area contributed by atoms with Gasteiger partial charge in [-0.3, -0.25) is 24.5 Å². The lowest BCUT2D eigenvalue weighted by atomic mass is 10.1. The molecule has 9 nitrogen and oxygen atoms in total. The molecule has 0 aromatic heterocycles. The van der Waals surface area contributed by atoms with Crippen molar-refractivity contribution in [2.75, 3.05) is 26.2 Å². The Hall–Kier alpha value is -2.97. The van der Waals surface area contributed by atoms with E-state index in [2.05, 4.69) is 5.32 Å². The minimum atomic E-state index is -0.539. The van der Waals surface area contributed by atoms with Gasteiger partial charge in [-0.15, -0.1) is 0 Å². The summed E-state index contributed by atoms with van der Waals surface area (Å²) >= 11 is 0. The number of amides is 2. The quantitative estimate of drug-likeness (QED) is 0.376. The molecule has 9 heteroatoms. The lowest BCUT2D eigenvalue weighted by molar-refractivity contribution is -0.385. The van der Waals surface area contributed by atoms with Crippen LogP contribution >= 0.6 is 0 Å². The SMILES string of the molecule is CCOC(=O)CCN(CCNC(C)=O)C(=O)Cc1ccccc1[N+](=O)[O-]. The second-order valence-corrected chi connectivity index (χ2v) is 5.48. The summed E-state index contributed by atoms with van der Waals surface area (Å²) in [5.41, 5.74) is 0.163. The highest BCUT2D eigenvalue weighted by Crippen LogP contribution is 2.18. The number of nitrogens with one attached hydrogen (secondary N) is 1. The molecular formula is C17H23N3O6. The van der Waals surface area contributed by atoms with Gasteiger partial charge in [-0.2, -0.15) is 0 Å². The number of nitro benzene ring substituents is 1. The topological polar surface area (TPSA) is 119 Å². The summed E-state index contributed by atoms with van der Waals surface area (Å²) in [4.78, 5) is 47.0. The predicted octanol–water partition coefficient (Wildman–Crippen LogP) is 1.06. The van der Waals surface area contributed by atoms with Gasteiger partial charge in [0.25, 0.3) is 5.69 Å². The largest absolute Gasteiger partial charge is 0.466 e. The van der Waals surface area contributed by atoms with E-state index < -0.39 is 10.9 Å². The van der Waals surface area contributed by atoms with E-state index in [9.17, 15) is 24.5 Å². The number of carbonyl (C=O) groups is 3. The summed E-state index contributed by atoms with van der Waals surface area (Å²) < 4.78 is 4.85. The number of benzene rings is 1. The van der Waals surface area contributed by atoms with E-state index in [-0.39, 0.29) is 56.6 Å². The Labute approximate surface area is 151 Å². The zero-order valence-electron chi connectivity index (χ0n) is 14.9. The van der Waals surface area contributed by atoms with Crippen molar-refractivity contribution in [3.63, 3.8) is 0 Å². The average molecular weight is 365 g/mol. The molecule has 1 aromatic carbocycles. The normalized spacial score (nSPS) is 10.1. The van der Waals surface area contributed by atoms with Crippen LogP contribution in [0.4, 0.5) is 5.69 Å². The molecule has 0 unspecified atom stereocenters. The van der Waals surface area contributed by atoms with E-state index in [4.69, 9.17) is 4.74 Å². The summed E-state index contributed by atoms with van der Waals surface area (Å²) in [6.45, 7) is 3.82. The smallest absolute Gasteiger partial charge is 0.307 e. The lowest BCUT2D eigenvalue weighted by Crippen LogP contribution is -2.40. The van der Waals surface area contributed by atoms with Crippen molar-refractivity contribution in [3.05, 3.63) is 39.9 Å². The molecule has 0 saturated heterocycles. The van der Waals surface area contributed by atoms with Gasteiger partial charge in [0.05, 0.1) is 24.4 Å². The highest BCUT2D eigenvalue weighted by atomic mass is 16.6. The van der Waals surface area contributed by atoms with Gasteiger partial charge in [-0.05, 0) is 6.92 Å².